The van der Waals surface area contributed by atoms with E-state index in [2.05, 4.69) is 78.5 Å². The van der Waals surface area contributed by atoms with E-state index < -0.39 is 45.7 Å². The van der Waals surface area contributed by atoms with Crippen LogP contribution >= 0.6 is 0 Å². The number of anilines is 3. The molecule has 146 heavy (non-hydrogen) atoms. The molecule has 8 N–H and O–H groups in total. The smallest absolute Gasteiger partial charge is 0.233 e. The molecule has 19 rings (SSSR count). The van der Waals surface area contributed by atoms with Crippen molar-refractivity contribution in [2.24, 2.45) is 35.5 Å². The molecule has 0 bridgehead atoms. The van der Waals surface area contributed by atoms with Gasteiger partial charge in [0.15, 0.2) is 46.3 Å². The molecule has 0 radical (unpaired) electrons. The van der Waals surface area contributed by atoms with Gasteiger partial charge in [-0.1, -0.05) is 116 Å². The Balaban J connectivity index is 0.000000139. The summed E-state index contributed by atoms with van der Waals surface area (Å²) >= 11 is 0. The lowest BCUT2D eigenvalue weighted by Gasteiger charge is -2.28. The Morgan fingerprint density at radius 1 is 0.377 bits per heavy atom. The number of nitrogens with one attached hydrogen (secondary N) is 4. The number of fused-ring (bicyclic) bond motifs is 3. The van der Waals surface area contributed by atoms with Crippen LogP contribution in [0, 0.1) is 58.8 Å². The highest BCUT2D eigenvalue weighted by molar-refractivity contribution is 6.02. The number of pyridine rings is 2. The van der Waals surface area contributed by atoms with E-state index in [9.17, 15) is 62.0 Å². The van der Waals surface area contributed by atoms with Gasteiger partial charge in [-0.15, -0.1) is 20.4 Å². The van der Waals surface area contributed by atoms with Crippen molar-refractivity contribution in [1.29, 1.82) is 0 Å². The highest BCUT2D eigenvalue weighted by Gasteiger charge is 2.39. The molecule has 5 fully saturated rings. The second-order valence-electron chi connectivity index (χ2n) is 40.5. The molecule has 5 amide bonds. The molecule has 4 aliphatic carbocycles. The van der Waals surface area contributed by atoms with Crippen LogP contribution in [-0.2, 0) is 118 Å². The topological polar surface area (TPSA) is 409 Å². The third-order valence-corrected chi connectivity index (χ3v) is 29.6. The van der Waals surface area contributed by atoms with Crippen LogP contribution in [0.5, 0.6) is 28.7 Å². The highest BCUT2D eigenvalue weighted by atomic mass is 19.1. The van der Waals surface area contributed by atoms with E-state index >= 15 is 0 Å². The molecule has 4 aliphatic heterocycles. The second-order valence-corrected chi connectivity index (χ2v) is 40.5. The first-order valence-corrected chi connectivity index (χ1v) is 52.1. The van der Waals surface area contributed by atoms with Crippen molar-refractivity contribution in [3.63, 3.8) is 0 Å². The monoisotopic (exact) mass is 2010 g/mol. The van der Waals surface area contributed by atoms with Crippen molar-refractivity contribution in [2.45, 2.75) is 294 Å². The SMILES string of the molecule is CC[C@@](O)(Cn1nncc1CCCCC1C(=O)Nc2ncccc21)c1ccc(F)c(OCC2CC2)c1.CC[C@@](O)(Cn1nncc1CCCCC1CCC(=O)NC1=O)c1ccc(F)c(OCC2CC2)c1.CC[C@@](O)(Cn1nncc1CCCCC1Cc2cccc(OC)c2NC1=O)c1ccc(F)c(OCC2CC2)c1.CC[C@@](O)(Cn1nncc1CCCCc1cnc2c(c1)CCC(=O)N2)c1ccc(F)c(OCC2CC2)c1. The number of ether oxygens (including phenoxy) is 5. The van der Waals surface area contributed by atoms with Crippen LogP contribution in [0.15, 0.2) is 146 Å². The fraction of sp³-hybridized carbons (Fsp3) is 0.518. The number of benzene rings is 5. The van der Waals surface area contributed by atoms with Gasteiger partial charge in [-0.2, -0.15) is 0 Å². The van der Waals surface area contributed by atoms with Crippen LogP contribution in [0.25, 0.3) is 0 Å². The van der Waals surface area contributed by atoms with E-state index in [-0.39, 0.29) is 96.5 Å². The quantitative estimate of drug-likeness (QED) is 0.00997. The van der Waals surface area contributed by atoms with E-state index in [1.54, 1.807) is 105 Å². The summed E-state index contributed by atoms with van der Waals surface area (Å²) in [5, 5.41) is 90.2. The maximum Gasteiger partial charge on any atom is 0.233 e. The van der Waals surface area contributed by atoms with E-state index in [0.29, 0.717) is 148 Å². The number of para-hydroxylation sites is 1. The van der Waals surface area contributed by atoms with E-state index in [1.165, 1.54) is 24.3 Å². The van der Waals surface area contributed by atoms with Gasteiger partial charge in [0.1, 0.15) is 39.8 Å². The molecule has 11 aromatic rings. The summed E-state index contributed by atoms with van der Waals surface area (Å²) < 4.78 is 92.2. The fourth-order valence-electron chi connectivity index (χ4n) is 19.1. The number of nitrogens with zero attached hydrogens (tertiary/aromatic N) is 14. The zero-order valence-corrected chi connectivity index (χ0v) is 84.0. The van der Waals surface area contributed by atoms with Crippen LogP contribution in [0.1, 0.15) is 268 Å². The predicted octanol–water partition coefficient (Wildman–Crippen LogP) is 17.0. The molecule has 32 nitrogen and oxygen atoms in total. The number of rotatable bonds is 49. The zero-order chi connectivity index (χ0) is 102. The Morgan fingerprint density at radius 3 is 1.18 bits per heavy atom. The van der Waals surface area contributed by atoms with Crippen molar-refractivity contribution in [2.75, 3.05) is 49.5 Å². The molecule has 778 valence electrons. The molecule has 36 heteroatoms. The van der Waals surface area contributed by atoms with Gasteiger partial charge in [-0.3, -0.25) is 29.3 Å². The summed E-state index contributed by atoms with van der Waals surface area (Å²) in [5.74, 6) is 2.42. The standard InChI is InChI=1S/C30H37FN4O4.C28H34FN5O3.C27H32FN5O3.C25H33FN4O4/c1-3-30(37,23-13-14-25(31)27(16-23)39-18-20-11-12-20)19-35-24(17-32-34-35)9-5-4-7-22-15-21-8-6-10-26(38-2)28(21)33-29(22)36;1-2-28(36,22-10-11-24(29)25(14-22)37-17-19-7-8-19)18-34-23(16-31-33-34)6-4-3-5-20-13-21-9-12-26(35)32-27(21)30-15-20;1-2-27(35,19-11-12-23(28)24(14-19)36-16-18-9-10-18)17-33-20(15-30-32-33)6-3-4-7-22-21-8-5-13-29-25(21)31-26(22)34;1-2-25(33,19-10-11-21(26)22(13-19)34-15-17-7-8-17)16-30-20(14-27-29-30)6-4-3-5-18-9-12-23(31)28-24(18)32/h6,8,10,13-14,16-17,20,22,37H,3-5,7,9,11-12,15,18-19H2,1-2H3,(H,33,36);10-11,13-16,19,36H,2-9,12,17-18H2,1H3,(H,30,32,35);5,8,11-15,18,22,35H,2-4,6-7,9-10,16-17H2,1H3,(H,29,31,34);10-11,13-14,17-18,33H,2-9,12,15-16H2,1H3,(H,28,31,32)/t22?,30-;28-;22?,27-;18?,25-/m1111/s1. The van der Waals surface area contributed by atoms with Crippen LogP contribution in [0.3, 0.4) is 0 Å². The normalized spacial score (nSPS) is 18.4. The molecule has 10 heterocycles. The average molecular weight is 2010 g/mol. The molecule has 5 aromatic carbocycles. The van der Waals surface area contributed by atoms with E-state index in [4.69, 9.17) is 23.7 Å². The molecule has 6 aromatic heterocycles. The molecular formula is C110H136F4N18O14. The molecular weight excluding hydrogens is 1870 g/mol. The van der Waals surface area contributed by atoms with Gasteiger partial charge >= 0.3 is 0 Å². The summed E-state index contributed by atoms with van der Waals surface area (Å²) in [5.41, 5.74) is 6.19. The summed E-state index contributed by atoms with van der Waals surface area (Å²) in [6, 6.07) is 30.1. The largest absolute Gasteiger partial charge is 0.495 e. The lowest BCUT2D eigenvalue weighted by Crippen LogP contribution is -2.40. The number of amides is 5. The minimum absolute atomic E-state index is 0.00296. The Morgan fingerprint density at radius 2 is 0.774 bits per heavy atom. The fourth-order valence-corrected chi connectivity index (χ4v) is 19.1. The number of carbonyl (C=O) groups excluding carboxylic acids is 5. The van der Waals surface area contributed by atoms with Gasteiger partial charge in [0.05, 0.1) is 119 Å². The molecule has 1 saturated heterocycles. The van der Waals surface area contributed by atoms with Crippen LogP contribution in [0.2, 0.25) is 0 Å². The zero-order valence-electron chi connectivity index (χ0n) is 84.0. The number of aliphatic hydroxyl groups is 4. The van der Waals surface area contributed by atoms with E-state index in [0.717, 1.165) is 205 Å². The lowest BCUT2D eigenvalue weighted by molar-refractivity contribution is -0.136. The third-order valence-electron chi connectivity index (χ3n) is 29.6. The molecule has 0 spiro atoms. The number of carbonyl (C=O) groups is 5. The maximum atomic E-state index is 14.3. The number of unbranched alkanes of at least 4 members (excludes halogenated alkanes) is 4. The molecule has 4 saturated carbocycles. The van der Waals surface area contributed by atoms with Gasteiger partial charge < -0.3 is 60.1 Å². The van der Waals surface area contributed by atoms with E-state index in [1.807, 2.05) is 64.2 Å². The highest BCUT2D eigenvalue weighted by Crippen LogP contribution is 2.43. The summed E-state index contributed by atoms with van der Waals surface area (Å²) in [4.78, 5) is 68.4. The Hall–Kier alpha value is -12.9. The van der Waals surface area contributed by atoms with Crippen molar-refractivity contribution in [1.82, 2.24) is 75.3 Å². The molecule has 8 aliphatic rings. The van der Waals surface area contributed by atoms with Crippen LogP contribution in [-0.4, -0.2) is 153 Å². The van der Waals surface area contributed by atoms with Gasteiger partial charge in [0, 0.05) is 42.6 Å². The number of methoxy groups -OCH3 is 1. The minimum Gasteiger partial charge on any atom is -0.495 e. The lowest BCUT2D eigenvalue weighted by atomic mass is 9.88. The second kappa shape index (κ2) is 49.1. The Labute approximate surface area is 848 Å². The van der Waals surface area contributed by atoms with Gasteiger partial charge in [0.25, 0.3) is 0 Å². The van der Waals surface area contributed by atoms with Crippen molar-refractivity contribution >= 4 is 46.9 Å². The first kappa shape index (κ1) is 106. The van der Waals surface area contributed by atoms with Crippen molar-refractivity contribution in [3.8, 4) is 28.7 Å². The van der Waals surface area contributed by atoms with Crippen LogP contribution < -0.4 is 45.0 Å². The third kappa shape index (κ3) is 28.1. The number of halogens is 4. The number of aryl methyl sites for hydroxylation is 6. The van der Waals surface area contributed by atoms with Gasteiger partial charge in [-0.25, -0.2) is 46.3 Å². The summed E-state index contributed by atoms with van der Waals surface area (Å²) in [6.45, 7) is 10.4. The van der Waals surface area contributed by atoms with Crippen molar-refractivity contribution in [3.05, 3.63) is 237 Å². The number of aromatic nitrogens is 14. The molecule has 3 unspecified atom stereocenters. The Kier molecular flexibility index (Phi) is 35.6. The Bertz CT molecular complexity index is 6300. The number of imide groups is 1. The number of piperidine rings is 1. The maximum absolute atomic E-state index is 14.3. The van der Waals surface area contributed by atoms with Gasteiger partial charge in [-0.05, 0) is 303 Å². The summed E-state index contributed by atoms with van der Waals surface area (Å²) in [6.07, 6.45) is 37.1. The summed E-state index contributed by atoms with van der Waals surface area (Å²) in [7, 11) is 1.61. The first-order chi connectivity index (χ1) is 70.7. The van der Waals surface area contributed by atoms with Crippen LogP contribution in [0.4, 0.5) is 34.9 Å². The van der Waals surface area contributed by atoms with Crippen molar-refractivity contribution < 1.29 is 85.6 Å². The minimum atomic E-state index is -1.25. The number of hydrogen-bond acceptors (Lipinski definition) is 24. The predicted molar refractivity (Wildman–Crippen MR) is 536 cm³/mol. The first-order valence-electron chi connectivity index (χ1n) is 52.1. The molecule has 7 atom stereocenters. The van der Waals surface area contributed by atoms with Gasteiger partial charge in [0.2, 0.25) is 29.5 Å². The number of hydrogen-bond donors (Lipinski definition) is 8. The average Bonchev–Trinajstić information content (AvgIpc) is 1.76.